The SMILES string of the molecule is COC(=O)c1cccc(C#CC2=C3C=CCC(N)C3=CCC=C2)n1. The molecule has 2 N–H and O–H groups in total. The minimum atomic E-state index is -0.471. The molecule has 24 heavy (non-hydrogen) atoms. The van der Waals surface area contributed by atoms with Crippen LogP contribution in [0.4, 0.5) is 0 Å². The first-order valence-corrected chi connectivity index (χ1v) is 7.80. The maximum atomic E-state index is 11.6. The first kappa shape index (κ1) is 16.0. The number of hydrogen-bond acceptors (Lipinski definition) is 4. The fraction of sp³-hybridized carbons (Fsp3) is 0.200. The second-order valence-electron chi connectivity index (χ2n) is 5.52. The van der Waals surface area contributed by atoms with E-state index in [0.29, 0.717) is 5.69 Å². The van der Waals surface area contributed by atoms with Crippen LogP contribution in [0.2, 0.25) is 0 Å². The highest BCUT2D eigenvalue weighted by molar-refractivity contribution is 5.87. The third-order valence-corrected chi connectivity index (χ3v) is 3.90. The van der Waals surface area contributed by atoms with Gasteiger partial charge in [-0.25, -0.2) is 9.78 Å². The van der Waals surface area contributed by atoms with Crippen molar-refractivity contribution in [1.29, 1.82) is 0 Å². The van der Waals surface area contributed by atoms with Crippen LogP contribution >= 0.6 is 0 Å². The summed E-state index contributed by atoms with van der Waals surface area (Å²) in [7, 11) is 1.33. The van der Waals surface area contributed by atoms with Crippen molar-refractivity contribution >= 4 is 5.97 Å². The van der Waals surface area contributed by atoms with Crippen molar-refractivity contribution in [3.05, 3.63) is 76.7 Å². The van der Waals surface area contributed by atoms with E-state index in [-0.39, 0.29) is 11.7 Å². The molecular weight excluding hydrogens is 300 g/mol. The number of hydrogen-bond donors (Lipinski definition) is 1. The van der Waals surface area contributed by atoms with Crippen molar-refractivity contribution in [3.8, 4) is 11.8 Å². The summed E-state index contributed by atoms with van der Waals surface area (Å²) in [6.45, 7) is 0. The molecule has 1 atom stereocenters. The highest BCUT2D eigenvalue weighted by atomic mass is 16.5. The predicted octanol–water partition coefficient (Wildman–Crippen LogP) is 2.69. The lowest BCUT2D eigenvalue weighted by molar-refractivity contribution is 0.0594. The van der Waals surface area contributed by atoms with Crippen molar-refractivity contribution in [2.24, 2.45) is 5.73 Å². The Morgan fingerprint density at radius 2 is 2.17 bits per heavy atom. The van der Waals surface area contributed by atoms with Crippen LogP contribution in [0.1, 0.15) is 29.0 Å². The van der Waals surface area contributed by atoms with E-state index in [0.717, 1.165) is 29.6 Å². The second kappa shape index (κ2) is 7.12. The van der Waals surface area contributed by atoms with Gasteiger partial charge < -0.3 is 10.5 Å². The highest BCUT2D eigenvalue weighted by Gasteiger charge is 2.18. The Bertz CT molecular complexity index is 848. The van der Waals surface area contributed by atoms with Crippen molar-refractivity contribution < 1.29 is 9.53 Å². The third-order valence-electron chi connectivity index (χ3n) is 3.90. The van der Waals surface area contributed by atoms with Crippen LogP contribution in [-0.4, -0.2) is 24.1 Å². The maximum Gasteiger partial charge on any atom is 0.356 e. The molecule has 0 radical (unpaired) electrons. The molecule has 0 spiro atoms. The van der Waals surface area contributed by atoms with Gasteiger partial charge in [0.2, 0.25) is 0 Å². The number of methoxy groups -OCH3 is 1. The molecule has 1 aromatic heterocycles. The highest BCUT2D eigenvalue weighted by Crippen LogP contribution is 2.28. The lowest BCUT2D eigenvalue weighted by Gasteiger charge is -2.20. The molecule has 2 aliphatic carbocycles. The zero-order valence-corrected chi connectivity index (χ0v) is 13.5. The van der Waals surface area contributed by atoms with Crippen LogP contribution in [0.3, 0.4) is 0 Å². The van der Waals surface area contributed by atoms with E-state index in [1.165, 1.54) is 7.11 Å². The molecule has 3 rings (SSSR count). The Hall–Kier alpha value is -2.90. The smallest absolute Gasteiger partial charge is 0.356 e. The lowest BCUT2D eigenvalue weighted by Crippen LogP contribution is -2.25. The molecule has 0 saturated heterocycles. The van der Waals surface area contributed by atoms with Crippen LogP contribution in [0.25, 0.3) is 0 Å². The summed E-state index contributed by atoms with van der Waals surface area (Å²) in [5, 5.41) is 0. The van der Waals surface area contributed by atoms with E-state index in [9.17, 15) is 4.79 Å². The number of carbonyl (C=O) groups excluding carboxylic acids is 1. The van der Waals surface area contributed by atoms with Crippen LogP contribution in [0, 0.1) is 11.8 Å². The average molecular weight is 318 g/mol. The van der Waals surface area contributed by atoms with Crippen LogP contribution in [-0.2, 0) is 4.74 Å². The van der Waals surface area contributed by atoms with Crippen molar-refractivity contribution in [2.75, 3.05) is 7.11 Å². The van der Waals surface area contributed by atoms with Gasteiger partial charge in [-0.05, 0) is 48.1 Å². The lowest BCUT2D eigenvalue weighted by atomic mass is 9.88. The zero-order valence-electron chi connectivity index (χ0n) is 13.5. The van der Waals surface area contributed by atoms with Crippen LogP contribution in [0.5, 0.6) is 0 Å². The third kappa shape index (κ3) is 3.37. The topological polar surface area (TPSA) is 65.2 Å². The molecule has 0 saturated carbocycles. The van der Waals surface area contributed by atoms with E-state index >= 15 is 0 Å². The fourth-order valence-electron chi connectivity index (χ4n) is 2.70. The summed E-state index contributed by atoms with van der Waals surface area (Å²) in [6.07, 6.45) is 12.1. The first-order valence-electron chi connectivity index (χ1n) is 7.80. The van der Waals surface area contributed by atoms with Crippen molar-refractivity contribution in [2.45, 2.75) is 18.9 Å². The van der Waals surface area contributed by atoms with E-state index in [4.69, 9.17) is 5.73 Å². The fourth-order valence-corrected chi connectivity index (χ4v) is 2.70. The molecular formula is C20H18N2O2. The minimum absolute atomic E-state index is 0.0162. The largest absolute Gasteiger partial charge is 0.464 e. The van der Waals surface area contributed by atoms with Gasteiger partial charge in [0.05, 0.1) is 7.11 Å². The van der Waals surface area contributed by atoms with E-state index in [1.807, 2.05) is 6.08 Å². The first-order chi connectivity index (χ1) is 11.7. The van der Waals surface area contributed by atoms with Gasteiger partial charge in [0.1, 0.15) is 11.4 Å². The molecule has 0 aromatic carbocycles. The summed E-state index contributed by atoms with van der Waals surface area (Å²) in [5.74, 6) is 5.72. The maximum absolute atomic E-state index is 11.6. The molecule has 2 aliphatic rings. The van der Waals surface area contributed by atoms with E-state index < -0.39 is 5.97 Å². The number of allylic oxidation sites excluding steroid dienone is 5. The van der Waals surface area contributed by atoms with Gasteiger partial charge in [0.15, 0.2) is 0 Å². The van der Waals surface area contributed by atoms with Gasteiger partial charge in [-0.1, -0.05) is 36.3 Å². The Kier molecular flexibility index (Phi) is 4.74. The Morgan fingerprint density at radius 1 is 1.29 bits per heavy atom. The molecule has 0 amide bonds. The average Bonchev–Trinajstić information content (AvgIpc) is 2.83. The van der Waals surface area contributed by atoms with Gasteiger partial charge in [-0.2, -0.15) is 0 Å². The number of ether oxygens (including phenoxy) is 1. The minimum Gasteiger partial charge on any atom is -0.464 e. The molecule has 4 heteroatoms. The van der Waals surface area contributed by atoms with Gasteiger partial charge in [-0.3, -0.25) is 0 Å². The number of carbonyl (C=O) groups is 1. The number of nitrogens with zero attached hydrogens (tertiary/aromatic N) is 1. The van der Waals surface area contributed by atoms with Gasteiger partial charge in [-0.15, -0.1) is 0 Å². The van der Waals surface area contributed by atoms with Crippen LogP contribution < -0.4 is 5.73 Å². The monoisotopic (exact) mass is 318 g/mol. The molecule has 1 heterocycles. The second-order valence-corrected chi connectivity index (χ2v) is 5.52. The quantitative estimate of drug-likeness (QED) is 0.639. The van der Waals surface area contributed by atoms with Crippen molar-refractivity contribution in [1.82, 2.24) is 4.98 Å². The Morgan fingerprint density at radius 3 is 3.00 bits per heavy atom. The number of esters is 1. The number of nitrogens with two attached hydrogens (primary N) is 1. The van der Waals surface area contributed by atoms with Crippen molar-refractivity contribution in [3.63, 3.8) is 0 Å². The van der Waals surface area contributed by atoms with Gasteiger partial charge >= 0.3 is 5.97 Å². The van der Waals surface area contributed by atoms with E-state index in [2.05, 4.69) is 45.9 Å². The Balaban J connectivity index is 1.98. The van der Waals surface area contributed by atoms with E-state index in [1.54, 1.807) is 18.2 Å². The number of rotatable bonds is 1. The van der Waals surface area contributed by atoms with Gasteiger partial charge in [0.25, 0.3) is 0 Å². The zero-order chi connectivity index (χ0) is 16.9. The number of aromatic nitrogens is 1. The standard InChI is InChI=1S/C20H18N2O2/c1-24-20(23)19-11-4-7-15(22-19)13-12-14-6-2-3-8-17-16(14)9-5-10-18(17)21/h2,4-9,11,18H,3,10,21H2,1H3. The summed E-state index contributed by atoms with van der Waals surface area (Å²) in [5.41, 5.74) is 10.1. The van der Waals surface area contributed by atoms with Crippen LogP contribution in [0.15, 0.2) is 65.3 Å². The molecule has 0 aliphatic heterocycles. The molecule has 0 bridgehead atoms. The number of fused-ring (bicyclic) bond motifs is 1. The molecule has 120 valence electrons. The molecule has 1 unspecified atom stereocenters. The molecule has 1 aromatic rings. The van der Waals surface area contributed by atoms with Gasteiger partial charge in [0, 0.05) is 11.6 Å². The number of pyridine rings is 1. The summed E-state index contributed by atoms with van der Waals surface area (Å²) in [6, 6.07) is 5.13. The summed E-state index contributed by atoms with van der Waals surface area (Å²) in [4.78, 5) is 15.8. The Labute approximate surface area is 141 Å². The normalized spacial score (nSPS) is 18.9. The summed E-state index contributed by atoms with van der Waals surface area (Å²) < 4.78 is 4.68. The molecule has 4 nitrogen and oxygen atoms in total. The summed E-state index contributed by atoms with van der Waals surface area (Å²) >= 11 is 0. The molecule has 0 fully saturated rings. The predicted molar refractivity (Wildman–Crippen MR) is 93.1 cm³/mol.